The summed E-state index contributed by atoms with van der Waals surface area (Å²) in [7, 11) is 0. The molecule has 0 aliphatic rings. The Morgan fingerprint density at radius 3 is 2.65 bits per heavy atom. The Bertz CT molecular complexity index is 576. The summed E-state index contributed by atoms with van der Waals surface area (Å²) in [5, 5.41) is 3.33. The van der Waals surface area contributed by atoms with Crippen molar-refractivity contribution in [3.05, 3.63) is 30.3 Å². The molecule has 2 aromatic rings. The molecule has 0 spiro atoms. The molecule has 0 aliphatic carbocycles. The van der Waals surface area contributed by atoms with Crippen LogP contribution >= 0.6 is 23.3 Å². The smallest absolute Gasteiger partial charge is 0.236 e. The van der Waals surface area contributed by atoms with E-state index in [1.54, 1.807) is 11.8 Å². The van der Waals surface area contributed by atoms with Gasteiger partial charge in [0.15, 0.2) is 5.82 Å². The molecule has 1 heterocycles. The van der Waals surface area contributed by atoms with Gasteiger partial charge in [0.05, 0.1) is 5.75 Å². The largest absolute Gasteiger partial charge is 0.300 e. The van der Waals surface area contributed by atoms with Crippen molar-refractivity contribution >= 4 is 34.3 Å². The van der Waals surface area contributed by atoms with Crippen molar-refractivity contribution in [2.24, 2.45) is 0 Å². The average molecular weight is 307 g/mol. The van der Waals surface area contributed by atoms with Gasteiger partial charge in [-0.15, -0.1) is 11.8 Å². The van der Waals surface area contributed by atoms with Crippen molar-refractivity contribution < 1.29 is 4.79 Å². The van der Waals surface area contributed by atoms with Crippen LogP contribution in [0.4, 0.5) is 5.13 Å². The lowest BCUT2D eigenvalue weighted by atomic mass is 10.2. The topological polar surface area (TPSA) is 54.9 Å². The van der Waals surface area contributed by atoms with Crippen molar-refractivity contribution in [3.63, 3.8) is 0 Å². The number of aromatic nitrogens is 2. The number of carbonyl (C=O) groups is 1. The lowest BCUT2D eigenvalue weighted by Gasteiger charge is -2.16. The third-order valence-corrected chi connectivity index (χ3v) is 4.24. The minimum Gasteiger partial charge on any atom is -0.300 e. The first kappa shape index (κ1) is 15.0. The average Bonchev–Trinajstić information content (AvgIpc) is 2.85. The molecule has 1 N–H and O–H groups in total. The van der Waals surface area contributed by atoms with E-state index in [0.29, 0.717) is 16.7 Å². The molecule has 106 valence electrons. The first-order valence-corrected chi connectivity index (χ1v) is 8.03. The van der Waals surface area contributed by atoms with Gasteiger partial charge in [0, 0.05) is 21.8 Å². The van der Waals surface area contributed by atoms with Crippen LogP contribution in [-0.4, -0.2) is 25.8 Å². The minimum absolute atomic E-state index is 0.0410. The number of anilines is 1. The first-order chi connectivity index (χ1) is 9.44. The van der Waals surface area contributed by atoms with Crippen LogP contribution in [0.1, 0.15) is 20.8 Å². The summed E-state index contributed by atoms with van der Waals surface area (Å²) in [6.07, 6.45) is 0. The van der Waals surface area contributed by atoms with Crippen LogP contribution < -0.4 is 5.32 Å². The number of nitrogens with zero attached hydrogens (tertiary/aromatic N) is 2. The third kappa shape index (κ3) is 4.61. The summed E-state index contributed by atoms with van der Waals surface area (Å²) in [4.78, 5) is 16.1. The molecule has 2 rings (SSSR count). The van der Waals surface area contributed by atoms with E-state index in [1.807, 2.05) is 30.3 Å². The van der Waals surface area contributed by atoms with Crippen LogP contribution in [0.2, 0.25) is 0 Å². The van der Waals surface area contributed by atoms with E-state index in [-0.39, 0.29) is 10.7 Å². The SMILES string of the molecule is CC(C)(C)SCC(=O)Nc1nc(-c2ccccc2)ns1. The number of hydrogen-bond acceptors (Lipinski definition) is 5. The number of amides is 1. The number of hydrogen-bond donors (Lipinski definition) is 1. The standard InChI is InChI=1S/C14H17N3OS2/c1-14(2,3)19-9-11(18)15-13-16-12(17-20-13)10-7-5-4-6-8-10/h4-8H,9H2,1-3H3,(H,15,16,17,18). The fourth-order valence-electron chi connectivity index (χ4n) is 1.42. The van der Waals surface area contributed by atoms with Gasteiger partial charge in [0.25, 0.3) is 0 Å². The fourth-order valence-corrected chi connectivity index (χ4v) is 2.66. The van der Waals surface area contributed by atoms with E-state index >= 15 is 0 Å². The minimum atomic E-state index is -0.0410. The summed E-state index contributed by atoms with van der Waals surface area (Å²) in [5.74, 6) is 1.03. The van der Waals surface area contributed by atoms with Gasteiger partial charge in [-0.1, -0.05) is 51.1 Å². The Hall–Kier alpha value is -1.40. The first-order valence-electron chi connectivity index (χ1n) is 6.27. The molecule has 20 heavy (non-hydrogen) atoms. The summed E-state index contributed by atoms with van der Waals surface area (Å²) in [6, 6.07) is 9.72. The van der Waals surface area contributed by atoms with Gasteiger partial charge >= 0.3 is 0 Å². The zero-order valence-electron chi connectivity index (χ0n) is 11.7. The molecule has 1 aromatic carbocycles. The maximum absolute atomic E-state index is 11.8. The summed E-state index contributed by atoms with van der Waals surface area (Å²) in [6.45, 7) is 6.26. The Balaban J connectivity index is 1.95. The van der Waals surface area contributed by atoms with Crippen LogP contribution in [0.5, 0.6) is 0 Å². The van der Waals surface area contributed by atoms with Crippen molar-refractivity contribution in [1.82, 2.24) is 9.36 Å². The molecule has 0 radical (unpaired) electrons. The molecule has 0 saturated heterocycles. The molecule has 0 bridgehead atoms. The van der Waals surface area contributed by atoms with E-state index in [0.717, 1.165) is 5.56 Å². The molecule has 4 nitrogen and oxygen atoms in total. The van der Waals surface area contributed by atoms with Gasteiger partial charge in [0.1, 0.15) is 0 Å². The summed E-state index contributed by atoms with van der Waals surface area (Å²) >= 11 is 2.81. The second kappa shape index (κ2) is 6.37. The monoisotopic (exact) mass is 307 g/mol. The number of rotatable bonds is 4. The number of carbonyl (C=O) groups excluding carboxylic acids is 1. The van der Waals surface area contributed by atoms with Crippen LogP contribution in [0.25, 0.3) is 11.4 Å². The molecule has 0 atom stereocenters. The lowest BCUT2D eigenvalue weighted by molar-refractivity contribution is -0.113. The van der Waals surface area contributed by atoms with Gasteiger partial charge in [-0.25, -0.2) is 0 Å². The van der Waals surface area contributed by atoms with Gasteiger partial charge in [-0.3, -0.25) is 10.1 Å². The highest BCUT2D eigenvalue weighted by Crippen LogP contribution is 2.24. The van der Waals surface area contributed by atoms with Crippen LogP contribution in [-0.2, 0) is 4.79 Å². The third-order valence-electron chi connectivity index (χ3n) is 2.34. The molecule has 0 aliphatic heterocycles. The Labute approximate surface area is 127 Å². The van der Waals surface area contributed by atoms with Gasteiger partial charge in [-0.2, -0.15) is 9.36 Å². The van der Waals surface area contributed by atoms with E-state index in [4.69, 9.17) is 0 Å². The van der Waals surface area contributed by atoms with E-state index < -0.39 is 0 Å². The maximum atomic E-state index is 11.8. The highest BCUT2D eigenvalue weighted by molar-refractivity contribution is 8.01. The number of thioether (sulfide) groups is 1. The molecule has 1 amide bonds. The van der Waals surface area contributed by atoms with Crippen LogP contribution in [0.3, 0.4) is 0 Å². The van der Waals surface area contributed by atoms with Crippen molar-refractivity contribution in [2.45, 2.75) is 25.5 Å². The normalized spacial score (nSPS) is 11.3. The lowest BCUT2D eigenvalue weighted by Crippen LogP contribution is -2.18. The predicted octanol–water partition coefficient (Wildman–Crippen LogP) is 3.68. The van der Waals surface area contributed by atoms with Crippen LogP contribution in [0, 0.1) is 0 Å². The van der Waals surface area contributed by atoms with Crippen molar-refractivity contribution in [1.29, 1.82) is 0 Å². The zero-order valence-corrected chi connectivity index (χ0v) is 13.3. The van der Waals surface area contributed by atoms with Crippen molar-refractivity contribution in [3.8, 4) is 11.4 Å². The highest BCUT2D eigenvalue weighted by Gasteiger charge is 2.14. The van der Waals surface area contributed by atoms with E-state index in [9.17, 15) is 4.79 Å². The summed E-state index contributed by atoms with van der Waals surface area (Å²) < 4.78 is 4.33. The number of nitrogens with one attached hydrogen (secondary N) is 1. The second-order valence-electron chi connectivity index (χ2n) is 5.24. The van der Waals surface area contributed by atoms with Crippen molar-refractivity contribution in [2.75, 3.05) is 11.1 Å². The molecule has 0 fully saturated rings. The Morgan fingerprint density at radius 2 is 2.00 bits per heavy atom. The van der Waals surface area contributed by atoms with Crippen LogP contribution in [0.15, 0.2) is 30.3 Å². The fraction of sp³-hybridized carbons (Fsp3) is 0.357. The van der Waals surface area contributed by atoms with E-state index in [2.05, 4.69) is 35.4 Å². The molecule has 6 heteroatoms. The molecule has 1 aromatic heterocycles. The molecule has 0 unspecified atom stereocenters. The maximum Gasteiger partial charge on any atom is 0.236 e. The zero-order chi connectivity index (χ0) is 14.6. The quantitative estimate of drug-likeness (QED) is 0.936. The Morgan fingerprint density at radius 1 is 1.30 bits per heavy atom. The van der Waals surface area contributed by atoms with E-state index in [1.165, 1.54) is 11.5 Å². The molecule has 0 saturated carbocycles. The summed E-state index contributed by atoms with van der Waals surface area (Å²) in [5.41, 5.74) is 0.952. The van der Waals surface area contributed by atoms with Gasteiger partial charge < -0.3 is 0 Å². The van der Waals surface area contributed by atoms with Gasteiger partial charge in [-0.05, 0) is 0 Å². The molecular formula is C14H17N3OS2. The van der Waals surface area contributed by atoms with Gasteiger partial charge in [0.2, 0.25) is 11.0 Å². The Kier molecular flexibility index (Phi) is 4.77. The molecular weight excluding hydrogens is 290 g/mol. The number of benzene rings is 1. The second-order valence-corrected chi connectivity index (χ2v) is 7.79. The highest BCUT2D eigenvalue weighted by atomic mass is 32.2. The predicted molar refractivity (Wildman–Crippen MR) is 86.2 cm³/mol.